The van der Waals surface area contributed by atoms with Crippen LogP contribution in [0.15, 0.2) is 6.33 Å². The Balaban J connectivity index is 2.90. The molecule has 1 aromatic rings. The molecule has 1 rings (SSSR count). The topological polar surface area (TPSA) is 72.3 Å². The van der Waals surface area contributed by atoms with Gasteiger partial charge in [0, 0.05) is 13.0 Å². The minimum Gasteiger partial charge on any atom is -0.461 e. The van der Waals surface area contributed by atoms with Gasteiger partial charge in [0.2, 0.25) is 0 Å². The van der Waals surface area contributed by atoms with E-state index in [-0.39, 0.29) is 29.6 Å². The lowest BCUT2D eigenvalue weighted by Gasteiger charge is -2.03. The van der Waals surface area contributed by atoms with Crippen molar-refractivity contribution < 1.29 is 14.6 Å². The molecule has 5 nitrogen and oxygen atoms in total. The van der Waals surface area contributed by atoms with Gasteiger partial charge in [0.25, 0.3) is 0 Å². The zero-order valence-corrected chi connectivity index (χ0v) is 10.7. The van der Waals surface area contributed by atoms with Crippen LogP contribution in [0.2, 0.25) is 5.02 Å². The van der Waals surface area contributed by atoms with Crippen molar-refractivity contribution in [1.29, 1.82) is 0 Å². The second kappa shape index (κ2) is 7.64. The molecule has 0 saturated carbocycles. The van der Waals surface area contributed by atoms with Crippen LogP contribution >= 0.6 is 11.6 Å². The lowest BCUT2D eigenvalue weighted by Crippen LogP contribution is -2.09. The van der Waals surface area contributed by atoms with Gasteiger partial charge < -0.3 is 9.84 Å². The van der Waals surface area contributed by atoms with Crippen LogP contribution in [0.25, 0.3) is 0 Å². The Morgan fingerprint density at radius 2 is 2.33 bits per heavy atom. The largest absolute Gasteiger partial charge is 0.461 e. The van der Waals surface area contributed by atoms with Crippen molar-refractivity contribution in [3.8, 4) is 11.8 Å². The molecule has 0 amide bonds. The highest BCUT2D eigenvalue weighted by atomic mass is 35.5. The third-order valence-electron chi connectivity index (χ3n) is 1.92. The monoisotopic (exact) mass is 268 g/mol. The number of rotatable bonds is 4. The summed E-state index contributed by atoms with van der Waals surface area (Å²) in [5.74, 6) is 4.94. The van der Waals surface area contributed by atoms with Crippen LogP contribution in [0, 0.1) is 11.8 Å². The average Bonchev–Trinajstić information content (AvgIpc) is 2.36. The van der Waals surface area contributed by atoms with E-state index in [1.807, 2.05) is 0 Å². The van der Waals surface area contributed by atoms with Crippen molar-refractivity contribution in [3.05, 3.63) is 22.7 Å². The van der Waals surface area contributed by atoms with Gasteiger partial charge >= 0.3 is 5.97 Å². The Hall–Kier alpha value is -1.64. The number of ether oxygens (including phenoxy) is 1. The van der Waals surface area contributed by atoms with Crippen molar-refractivity contribution >= 4 is 17.6 Å². The number of hydrogen-bond donors (Lipinski definition) is 1. The number of halogens is 1. The Labute approximate surface area is 110 Å². The van der Waals surface area contributed by atoms with Crippen LogP contribution in [-0.2, 0) is 4.74 Å². The van der Waals surface area contributed by atoms with Gasteiger partial charge in [0.15, 0.2) is 5.69 Å². The molecular weight excluding hydrogens is 256 g/mol. The first-order valence-corrected chi connectivity index (χ1v) is 5.85. The maximum atomic E-state index is 11.5. The van der Waals surface area contributed by atoms with Gasteiger partial charge in [0.05, 0.1) is 6.61 Å². The fourth-order valence-corrected chi connectivity index (χ4v) is 1.33. The first-order chi connectivity index (χ1) is 8.70. The predicted molar refractivity (Wildman–Crippen MR) is 66.2 cm³/mol. The summed E-state index contributed by atoms with van der Waals surface area (Å²) < 4.78 is 4.81. The number of carbonyl (C=O) groups is 1. The molecule has 0 saturated heterocycles. The summed E-state index contributed by atoms with van der Waals surface area (Å²) in [6.45, 7) is 2.03. The van der Waals surface area contributed by atoms with E-state index in [1.165, 1.54) is 6.33 Å². The Bertz CT molecular complexity index is 480. The molecule has 0 aliphatic carbocycles. The fraction of sp³-hybridized carbons (Fsp3) is 0.417. The number of aliphatic hydroxyl groups excluding tert-OH is 1. The molecule has 1 heterocycles. The van der Waals surface area contributed by atoms with Crippen molar-refractivity contribution in [2.75, 3.05) is 13.2 Å². The summed E-state index contributed by atoms with van der Waals surface area (Å²) in [6, 6.07) is 0. The third kappa shape index (κ3) is 3.99. The minimum absolute atomic E-state index is 0.0139. The maximum Gasteiger partial charge on any atom is 0.358 e. The van der Waals surface area contributed by atoms with Crippen molar-refractivity contribution in [2.45, 2.75) is 19.8 Å². The fourth-order valence-electron chi connectivity index (χ4n) is 1.11. The van der Waals surface area contributed by atoms with E-state index < -0.39 is 5.97 Å². The third-order valence-corrected chi connectivity index (χ3v) is 2.28. The lowest BCUT2D eigenvalue weighted by molar-refractivity contribution is 0.0519. The van der Waals surface area contributed by atoms with Crippen LogP contribution in [0.3, 0.4) is 0 Å². The smallest absolute Gasteiger partial charge is 0.358 e. The Kier molecular flexibility index (Phi) is 6.12. The standard InChI is InChI=1S/C12H13ClN2O3/c1-2-18-12(17)11-10(13)9(14-8-15-11)6-4-3-5-7-16/h8,16H,2-3,5,7H2,1H3. The summed E-state index contributed by atoms with van der Waals surface area (Å²) in [5, 5.41) is 8.70. The molecule has 0 fully saturated rings. The van der Waals surface area contributed by atoms with Crippen molar-refractivity contribution in [2.24, 2.45) is 0 Å². The Morgan fingerprint density at radius 1 is 1.56 bits per heavy atom. The second-order valence-corrected chi connectivity index (χ2v) is 3.61. The summed E-state index contributed by atoms with van der Waals surface area (Å²) in [7, 11) is 0. The lowest BCUT2D eigenvalue weighted by atomic mass is 10.3. The SMILES string of the molecule is CCOC(=O)c1ncnc(C#CCCCO)c1Cl. The van der Waals surface area contributed by atoms with E-state index >= 15 is 0 Å². The van der Waals surface area contributed by atoms with Gasteiger partial charge in [0.1, 0.15) is 17.0 Å². The molecular formula is C12H13ClN2O3. The van der Waals surface area contributed by atoms with Gasteiger partial charge in [-0.25, -0.2) is 14.8 Å². The molecule has 0 radical (unpaired) electrons. The quantitative estimate of drug-likeness (QED) is 0.508. The summed E-state index contributed by atoms with van der Waals surface area (Å²) in [4.78, 5) is 19.2. The highest BCUT2D eigenvalue weighted by Gasteiger charge is 2.16. The van der Waals surface area contributed by atoms with Crippen LogP contribution in [0.1, 0.15) is 35.9 Å². The average molecular weight is 269 g/mol. The summed E-state index contributed by atoms with van der Waals surface area (Å²) in [5.41, 5.74) is 0.299. The molecule has 0 bridgehead atoms. The zero-order chi connectivity index (χ0) is 13.4. The molecule has 0 aliphatic heterocycles. The second-order valence-electron chi connectivity index (χ2n) is 3.23. The molecule has 18 heavy (non-hydrogen) atoms. The normalized spacial score (nSPS) is 9.50. The van der Waals surface area contributed by atoms with Crippen LogP contribution < -0.4 is 0 Å². The van der Waals surface area contributed by atoms with E-state index in [0.717, 1.165) is 0 Å². The van der Waals surface area contributed by atoms with Crippen LogP contribution in [0.4, 0.5) is 0 Å². The van der Waals surface area contributed by atoms with Gasteiger partial charge in [-0.05, 0) is 19.3 Å². The van der Waals surface area contributed by atoms with E-state index in [4.69, 9.17) is 21.4 Å². The summed E-state index contributed by atoms with van der Waals surface area (Å²) >= 11 is 5.97. The molecule has 0 spiro atoms. The highest BCUT2D eigenvalue weighted by Crippen LogP contribution is 2.17. The molecule has 0 aromatic carbocycles. The number of esters is 1. The van der Waals surface area contributed by atoms with Crippen LogP contribution in [0.5, 0.6) is 0 Å². The van der Waals surface area contributed by atoms with Crippen molar-refractivity contribution in [1.82, 2.24) is 9.97 Å². The van der Waals surface area contributed by atoms with Crippen molar-refractivity contribution in [3.63, 3.8) is 0 Å². The molecule has 6 heteroatoms. The number of carbonyl (C=O) groups excluding carboxylic acids is 1. The van der Waals surface area contributed by atoms with Gasteiger partial charge in [-0.3, -0.25) is 0 Å². The number of hydrogen-bond acceptors (Lipinski definition) is 5. The molecule has 0 atom stereocenters. The van der Waals surface area contributed by atoms with Gasteiger partial charge in [-0.15, -0.1) is 0 Å². The predicted octanol–water partition coefficient (Wildman–Crippen LogP) is 1.43. The first-order valence-electron chi connectivity index (χ1n) is 5.48. The number of nitrogens with zero attached hydrogens (tertiary/aromatic N) is 2. The summed E-state index contributed by atoms with van der Waals surface area (Å²) in [6.07, 6.45) is 2.33. The maximum absolute atomic E-state index is 11.5. The molecule has 0 unspecified atom stereocenters. The molecule has 96 valence electrons. The van der Waals surface area contributed by atoms with E-state index in [0.29, 0.717) is 12.8 Å². The zero-order valence-electron chi connectivity index (χ0n) is 9.94. The Morgan fingerprint density at radius 3 is 3.00 bits per heavy atom. The highest BCUT2D eigenvalue weighted by molar-refractivity contribution is 6.34. The molecule has 1 aromatic heterocycles. The number of aromatic nitrogens is 2. The van der Waals surface area contributed by atoms with E-state index in [1.54, 1.807) is 6.92 Å². The first kappa shape index (κ1) is 14.4. The van der Waals surface area contributed by atoms with E-state index in [2.05, 4.69) is 21.8 Å². The van der Waals surface area contributed by atoms with E-state index in [9.17, 15) is 4.79 Å². The number of aliphatic hydroxyl groups is 1. The number of unbranched alkanes of at least 4 members (excludes halogenated alkanes) is 1. The van der Waals surface area contributed by atoms with Crippen LogP contribution in [-0.4, -0.2) is 34.3 Å². The van der Waals surface area contributed by atoms with Gasteiger partial charge in [-0.1, -0.05) is 17.5 Å². The van der Waals surface area contributed by atoms with Gasteiger partial charge in [-0.2, -0.15) is 0 Å². The molecule has 1 N–H and O–H groups in total. The minimum atomic E-state index is -0.594. The molecule has 0 aliphatic rings.